The molecular formula is C32H34N8. The maximum absolute atomic E-state index is 5.33. The fourth-order valence-electron chi connectivity index (χ4n) is 8.17. The van der Waals surface area contributed by atoms with Crippen LogP contribution in [0.15, 0.2) is 79.9 Å². The van der Waals surface area contributed by atoms with Crippen molar-refractivity contribution in [2.45, 2.75) is 69.9 Å². The molecular weight excluding hydrogens is 496 g/mol. The normalized spacial score (nSPS) is 32.3. The van der Waals surface area contributed by atoms with Gasteiger partial charge in [0.05, 0.1) is 12.3 Å². The van der Waals surface area contributed by atoms with Gasteiger partial charge < -0.3 is 10.3 Å². The van der Waals surface area contributed by atoms with Gasteiger partial charge in [0, 0.05) is 33.7 Å². The molecule has 8 heteroatoms. The largest absolute Gasteiger partial charge is 0.354 e. The molecule has 202 valence electrons. The van der Waals surface area contributed by atoms with Crippen LogP contribution in [0.3, 0.4) is 0 Å². The zero-order valence-electron chi connectivity index (χ0n) is 22.5. The Kier molecular flexibility index (Phi) is 5.17. The summed E-state index contributed by atoms with van der Waals surface area (Å²) < 4.78 is 0. The minimum atomic E-state index is 0.0455. The lowest BCUT2D eigenvalue weighted by Gasteiger charge is -2.33. The van der Waals surface area contributed by atoms with Gasteiger partial charge in [0.1, 0.15) is 23.0 Å². The highest BCUT2D eigenvalue weighted by atomic mass is 15.3. The van der Waals surface area contributed by atoms with Crippen molar-refractivity contribution >= 4 is 22.4 Å². The quantitative estimate of drug-likeness (QED) is 0.357. The summed E-state index contributed by atoms with van der Waals surface area (Å²) in [4.78, 5) is 24.3. The van der Waals surface area contributed by atoms with Crippen molar-refractivity contribution in [2.24, 2.45) is 37.7 Å². The van der Waals surface area contributed by atoms with Gasteiger partial charge in [0.2, 0.25) is 0 Å². The summed E-state index contributed by atoms with van der Waals surface area (Å²) in [6, 6.07) is 16.8. The van der Waals surface area contributed by atoms with E-state index in [1.807, 2.05) is 0 Å². The van der Waals surface area contributed by atoms with E-state index >= 15 is 0 Å². The highest BCUT2D eigenvalue weighted by Gasteiger charge is 2.47. The van der Waals surface area contributed by atoms with E-state index in [9.17, 15) is 0 Å². The van der Waals surface area contributed by atoms with Crippen LogP contribution in [0.1, 0.15) is 62.5 Å². The molecule has 0 amide bonds. The first-order valence-corrected chi connectivity index (χ1v) is 15.1. The van der Waals surface area contributed by atoms with E-state index in [0.29, 0.717) is 23.6 Å². The number of H-pyrrole nitrogens is 1. The molecule has 3 fully saturated rings. The maximum Gasteiger partial charge on any atom is 0.164 e. The average molecular weight is 531 g/mol. The smallest absolute Gasteiger partial charge is 0.164 e. The molecule has 8 bridgehead atoms. The molecule has 0 radical (unpaired) electrons. The third-order valence-electron chi connectivity index (χ3n) is 10.1. The summed E-state index contributed by atoms with van der Waals surface area (Å²) in [6.07, 6.45) is 10.3. The highest BCUT2D eigenvalue weighted by molar-refractivity contribution is 6.22. The van der Waals surface area contributed by atoms with Gasteiger partial charge in [-0.3, -0.25) is 10.6 Å². The van der Waals surface area contributed by atoms with Crippen LogP contribution in [0.4, 0.5) is 0 Å². The Hall–Kier alpha value is -3.62. The average Bonchev–Trinajstić information content (AvgIpc) is 3.73. The van der Waals surface area contributed by atoms with Gasteiger partial charge in [-0.1, -0.05) is 67.8 Å². The van der Waals surface area contributed by atoms with E-state index in [0.717, 1.165) is 51.0 Å². The first-order valence-electron chi connectivity index (χ1n) is 15.1. The lowest BCUT2D eigenvalue weighted by Crippen LogP contribution is -2.54. The standard InChI is InChI=1S/C32H34N8/c1-2-10-18-17(9-1)25-33-26(18)38-28-21-13-5-6-14-22(21)30(35-28)40-32-24-16-8-7-15-23(24)31(36-32)39-29-20-12-4-3-11-19(20)27(34-29)37-25/h1-4,9-12,21-22,24,28,30,32,35-36,40H,5-8,13-16H2,(H,33,34,37,38,39). The maximum atomic E-state index is 5.33. The number of fused-ring (bicyclic) bond motifs is 18. The minimum absolute atomic E-state index is 0.0455. The van der Waals surface area contributed by atoms with Crippen LogP contribution >= 0.6 is 0 Å². The molecule has 6 atom stereocenters. The Morgan fingerprint density at radius 3 is 2.23 bits per heavy atom. The molecule has 1 saturated heterocycles. The monoisotopic (exact) mass is 530 g/mol. The van der Waals surface area contributed by atoms with Gasteiger partial charge in [-0.05, 0) is 43.6 Å². The van der Waals surface area contributed by atoms with Crippen molar-refractivity contribution in [3.8, 4) is 0 Å². The summed E-state index contributed by atoms with van der Waals surface area (Å²) >= 11 is 0. The van der Waals surface area contributed by atoms with Gasteiger partial charge in [-0.25, -0.2) is 20.0 Å². The SMILES string of the molecule is c1ccc2c(c1)C1=NC2=NC2NC(NC3NC(=C4CCCCC43)N=c3[nH]c(c4ccccc34)=N1)C1CCCCC21. The van der Waals surface area contributed by atoms with Crippen molar-refractivity contribution in [3.05, 3.63) is 82.0 Å². The molecule has 2 aliphatic carbocycles. The molecule has 0 spiro atoms. The predicted molar refractivity (Wildman–Crippen MR) is 155 cm³/mol. The Morgan fingerprint density at radius 1 is 0.650 bits per heavy atom. The van der Waals surface area contributed by atoms with Crippen molar-refractivity contribution < 1.29 is 0 Å². The second kappa shape index (κ2) is 8.94. The van der Waals surface area contributed by atoms with Gasteiger partial charge in [0.15, 0.2) is 11.7 Å². The summed E-state index contributed by atoms with van der Waals surface area (Å²) in [7, 11) is 0. The number of aromatic nitrogens is 1. The van der Waals surface area contributed by atoms with Gasteiger partial charge in [0.25, 0.3) is 0 Å². The van der Waals surface area contributed by atoms with E-state index in [-0.39, 0.29) is 18.5 Å². The number of benzene rings is 2. The number of aliphatic imine (C=N–C) groups is 2. The Balaban J connectivity index is 1.28. The molecule has 6 aliphatic rings. The predicted octanol–water partition coefficient (Wildman–Crippen LogP) is 3.61. The number of rotatable bonds is 0. The molecule has 5 heterocycles. The third kappa shape index (κ3) is 3.52. The Labute approximate surface area is 232 Å². The molecule has 8 nitrogen and oxygen atoms in total. The van der Waals surface area contributed by atoms with E-state index in [2.05, 4.69) is 69.5 Å². The second-order valence-electron chi connectivity index (χ2n) is 12.2. The number of aromatic amines is 1. The summed E-state index contributed by atoms with van der Waals surface area (Å²) in [5.41, 5.74) is 5.22. The van der Waals surface area contributed by atoms with E-state index in [1.165, 1.54) is 50.5 Å². The topological polar surface area (TPSA) is 101 Å². The Morgan fingerprint density at radius 2 is 1.38 bits per heavy atom. The fourth-order valence-corrected chi connectivity index (χ4v) is 8.17. The fraction of sp³-hybridized carbons (Fsp3) is 0.438. The second-order valence-corrected chi connectivity index (χ2v) is 12.2. The van der Waals surface area contributed by atoms with Gasteiger partial charge in [-0.2, -0.15) is 0 Å². The first-order chi connectivity index (χ1) is 19.8. The van der Waals surface area contributed by atoms with E-state index in [1.54, 1.807) is 0 Å². The van der Waals surface area contributed by atoms with Crippen LogP contribution in [0.25, 0.3) is 10.8 Å². The summed E-state index contributed by atoms with van der Waals surface area (Å²) in [6.45, 7) is 0. The molecule has 6 unspecified atom stereocenters. The summed E-state index contributed by atoms with van der Waals surface area (Å²) in [5.74, 6) is 4.08. The van der Waals surface area contributed by atoms with Gasteiger partial charge >= 0.3 is 0 Å². The highest BCUT2D eigenvalue weighted by Crippen LogP contribution is 2.42. The van der Waals surface area contributed by atoms with Crippen molar-refractivity contribution in [1.82, 2.24) is 20.9 Å². The number of nitrogens with one attached hydrogen (secondary N) is 4. The molecule has 4 aliphatic heterocycles. The van der Waals surface area contributed by atoms with Crippen molar-refractivity contribution in [1.29, 1.82) is 0 Å². The van der Waals surface area contributed by atoms with Crippen LogP contribution in [0.2, 0.25) is 0 Å². The number of amidine groups is 2. The summed E-state index contributed by atoms with van der Waals surface area (Å²) in [5, 5.41) is 14.0. The van der Waals surface area contributed by atoms with Crippen LogP contribution in [0.5, 0.6) is 0 Å². The lowest BCUT2D eigenvalue weighted by atomic mass is 9.78. The minimum Gasteiger partial charge on any atom is -0.354 e. The number of hydrogen-bond donors (Lipinski definition) is 4. The molecule has 9 rings (SSSR count). The molecule has 2 aromatic carbocycles. The first kappa shape index (κ1) is 23.1. The third-order valence-corrected chi connectivity index (χ3v) is 10.1. The molecule has 1 aromatic heterocycles. The van der Waals surface area contributed by atoms with Gasteiger partial charge in [-0.15, -0.1) is 0 Å². The molecule has 40 heavy (non-hydrogen) atoms. The van der Waals surface area contributed by atoms with E-state index < -0.39 is 0 Å². The number of nitrogens with zero attached hydrogens (tertiary/aromatic N) is 4. The molecule has 4 N–H and O–H groups in total. The van der Waals surface area contributed by atoms with Crippen LogP contribution in [-0.4, -0.2) is 35.2 Å². The lowest BCUT2D eigenvalue weighted by molar-refractivity contribution is 0.206. The zero-order chi connectivity index (χ0) is 26.2. The van der Waals surface area contributed by atoms with Crippen LogP contribution in [0, 0.1) is 17.8 Å². The van der Waals surface area contributed by atoms with Crippen molar-refractivity contribution in [3.63, 3.8) is 0 Å². The molecule has 2 saturated carbocycles. The number of hydrogen-bond acceptors (Lipinski definition) is 7. The van der Waals surface area contributed by atoms with Crippen LogP contribution < -0.4 is 26.9 Å². The molecule has 3 aromatic rings. The van der Waals surface area contributed by atoms with E-state index in [4.69, 9.17) is 20.0 Å². The Bertz CT molecular complexity index is 1750. The zero-order valence-corrected chi connectivity index (χ0v) is 22.5. The van der Waals surface area contributed by atoms with Crippen molar-refractivity contribution in [2.75, 3.05) is 0 Å². The van der Waals surface area contributed by atoms with Crippen LogP contribution in [-0.2, 0) is 0 Å².